The molecule has 0 amide bonds. The molecule has 3 nitrogen and oxygen atoms in total. The maximum absolute atomic E-state index is 8.69. The number of benzene rings is 1. The lowest BCUT2D eigenvalue weighted by atomic mass is 10.2. The highest BCUT2D eigenvalue weighted by Crippen LogP contribution is 2.08. The van der Waals surface area contributed by atoms with Crippen molar-refractivity contribution in [3.8, 4) is 0 Å². The molecule has 1 unspecified atom stereocenters. The van der Waals surface area contributed by atoms with Gasteiger partial charge >= 0.3 is 0 Å². The number of aryl methyl sites for hydroxylation is 1. The summed E-state index contributed by atoms with van der Waals surface area (Å²) in [6, 6.07) is 7.85. The van der Waals surface area contributed by atoms with Crippen LogP contribution >= 0.6 is 0 Å². The minimum atomic E-state index is -0.193. The van der Waals surface area contributed by atoms with E-state index in [-0.39, 0.29) is 12.7 Å². The SMILES string of the molecule is Cc1ccc(NOC(C)CO)cc1. The lowest BCUT2D eigenvalue weighted by Crippen LogP contribution is -2.16. The molecule has 0 heterocycles. The molecule has 0 aromatic heterocycles. The van der Waals surface area contributed by atoms with Crippen LogP contribution in [0.4, 0.5) is 5.69 Å². The van der Waals surface area contributed by atoms with Crippen LogP contribution in [0.2, 0.25) is 0 Å². The highest BCUT2D eigenvalue weighted by Gasteiger charge is 1.98. The van der Waals surface area contributed by atoms with Gasteiger partial charge in [0.2, 0.25) is 0 Å². The molecule has 3 heteroatoms. The third kappa shape index (κ3) is 3.44. The maximum Gasteiger partial charge on any atom is 0.106 e. The summed E-state index contributed by atoms with van der Waals surface area (Å²) in [5.41, 5.74) is 4.87. The van der Waals surface area contributed by atoms with E-state index in [9.17, 15) is 0 Å². The molecule has 13 heavy (non-hydrogen) atoms. The zero-order chi connectivity index (χ0) is 9.68. The average Bonchev–Trinajstić information content (AvgIpc) is 2.16. The summed E-state index contributed by atoms with van der Waals surface area (Å²) >= 11 is 0. The van der Waals surface area contributed by atoms with Gasteiger partial charge in [-0.25, -0.2) is 0 Å². The summed E-state index contributed by atoms with van der Waals surface area (Å²) < 4.78 is 0. The third-order valence-corrected chi connectivity index (χ3v) is 1.69. The zero-order valence-electron chi connectivity index (χ0n) is 7.95. The van der Waals surface area contributed by atoms with Gasteiger partial charge in [0.05, 0.1) is 12.3 Å². The smallest absolute Gasteiger partial charge is 0.106 e. The van der Waals surface area contributed by atoms with Gasteiger partial charge in [0.15, 0.2) is 0 Å². The second-order valence-electron chi connectivity index (χ2n) is 3.08. The Morgan fingerprint density at radius 2 is 2.00 bits per heavy atom. The van der Waals surface area contributed by atoms with Crippen molar-refractivity contribution in [2.75, 3.05) is 12.1 Å². The Morgan fingerprint density at radius 3 is 2.54 bits per heavy atom. The first kappa shape index (κ1) is 10.0. The number of aliphatic hydroxyl groups excluding tert-OH is 1. The van der Waals surface area contributed by atoms with E-state index in [0.29, 0.717) is 0 Å². The molecule has 0 aliphatic carbocycles. The van der Waals surface area contributed by atoms with Crippen molar-refractivity contribution in [2.24, 2.45) is 0 Å². The lowest BCUT2D eigenvalue weighted by molar-refractivity contribution is 0.0603. The molecular weight excluding hydrogens is 166 g/mol. The first-order chi connectivity index (χ1) is 6.22. The van der Waals surface area contributed by atoms with Crippen LogP contribution in [0.5, 0.6) is 0 Å². The quantitative estimate of drug-likeness (QED) is 0.695. The molecule has 1 atom stereocenters. The summed E-state index contributed by atoms with van der Waals surface area (Å²) in [7, 11) is 0. The van der Waals surface area contributed by atoms with E-state index in [1.54, 1.807) is 6.92 Å². The number of rotatable bonds is 4. The first-order valence-corrected chi connectivity index (χ1v) is 4.31. The van der Waals surface area contributed by atoms with Crippen LogP contribution in [0.15, 0.2) is 24.3 Å². The summed E-state index contributed by atoms with van der Waals surface area (Å²) in [5, 5.41) is 8.69. The Bertz CT molecular complexity index is 246. The molecule has 0 saturated heterocycles. The summed E-state index contributed by atoms with van der Waals surface area (Å²) in [5.74, 6) is 0. The highest BCUT2D eigenvalue weighted by molar-refractivity contribution is 5.42. The van der Waals surface area contributed by atoms with Crippen molar-refractivity contribution in [1.82, 2.24) is 0 Å². The Balaban J connectivity index is 2.41. The fourth-order valence-corrected chi connectivity index (χ4v) is 0.828. The van der Waals surface area contributed by atoms with E-state index in [4.69, 9.17) is 9.94 Å². The number of aliphatic hydroxyl groups is 1. The molecule has 1 aromatic rings. The molecule has 1 rings (SSSR count). The second kappa shape index (κ2) is 4.84. The van der Waals surface area contributed by atoms with Gasteiger partial charge in [-0.3, -0.25) is 10.3 Å². The lowest BCUT2D eigenvalue weighted by Gasteiger charge is -2.11. The fourth-order valence-electron chi connectivity index (χ4n) is 0.828. The standard InChI is InChI=1S/C10H15NO2/c1-8-3-5-10(6-4-8)11-13-9(2)7-12/h3-6,9,11-12H,7H2,1-2H3. The van der Waals surface area contributed by atoms with E-state index in [2.05, 4.69) is 5.48 Å². The molecule has 0 spiro atoms. The van der Waals surface area contributed by atoms with Gasteiger partial charge in [0, 0.05) is 0 Å². The molecule has 0 aliphatic heterocycles. The minimum absolute atomic E-state index is 0.0128. The van der Waals surface area contributed by atoms with Gasteiger partial charge in [0.25, 0.3) is 0 Å². The number of hydrogen-bond acceptors (Lipinski definition) is 3. The zero-order valence-corrected chi connectivity index (χ0v) is 7.95. The van der Waals surface area contributed by atoms with Crippen molar-refractivity contribution in [3.05, 3.63) is 29.8 Å². The fraction of sp³-hybridized carbons (Fsp3) is 0.400. The van der Waals surface area contributed by atoms with E-state index < -0.39 is 0 Å². The van der Waals surface area contributed by atoms with Gasteiger partial charge in [-0.2, -0.15) is 0 Å². The van der Waals surface area contributed by atoms with Gasteiger partial charge in [-0.15, -0.1) is 0 Å². The predicted octanol–water partition coefficient (Wildman–Crippen LogP) is 1.72. The van der Waals surface area contributed by atoms with Crippen molar-refractivity contribution in [3.63, 3.8) is 0 Å². The van der Waals surface area contributed by atoms with Gasteiger partial charge in [-0.05, 0) is 26.0 Å². The van der Waals surface area contributed by atoms with E-state index >= 15 is 0 Å². The van der Waals surface area contributed by atoms with Gasteiger partial charge in [-0.1, -0.05) is 17.7 Å². The third-order valence-electron chi connectivity index (χ3n) is 1.69. The second-order valence-corrected chi connectivity index (χ2v) is 3.08. The minimum Gasteiger partial charge on any atom is -0.394 e. The number of nitrogens with one attached hydrogen (secondary N) is 1. The van der Waals surface area contributed by atoms with Crippen molar-refractivity contribution < 1.29 is 9.94 Å². The van der Waals surface area contributed by atoms with Crippen molar-refractivity contribution in [1.29, 1.82) is 0 Å². The molecule has 72 valence electrons. The molecule has 0 fully saturated rings. The van der Waals surface area contributed by atoms with Crippen LogP contribution in [-0.4, -0.2) is 17.8 Å². The maximum atomic E-state index is 8.69. The molecule has 2 N–H and O–H groups in total. The molecule has 1 aromatic carbocycles. The Labute approximate surface area is 78.3 Å². The van der Waals surface area contributed by atoms with E-state index in [0.717, 1.165) is 5.69 Å². The first-order valence-electron chi connectivity index (χ1n) is 4.31. The molecule has 0 bridgehead atoms. The van der Waals surface area contributed by atoms with Crippen LogP contribution in [-0.2, 0) is 4.84 Å². The Kier molecular flexibility index (Phi) is 3.73. The van der Waals surface area contributed by atoms with Crippen LogP contribution < -0.4 is 5.48 Å². The van der Waals surface area contributed by atoms with Crippen LogP contribution in [0, 0.1) is 6.92 Å². The largest absolute Gasteiger partial charge is 0.394 e. The summed E-state index contributed by atoms with van der Waals surface area (Å²) in [4.78, 5) is 5.12. The Hall–Kier alpha value is -1.06. The van der Waals surface area contributed by atoms with Crippen molar-refractivity contribution >= 4 is 5.69 Å². The molecule has 0 saturated carbocycles. The molecule has 0 radical (unpaired) electrons. The van der Waals surface area contributed by atoms with E-state index in [1.807, 2.05) is 31.2 Å². The average molecular weight is 181 g/mol. The van der Waals surface area contributed by atoms with Crippen LogP contribution in [0.1, 0.15) is 12.5 Å². The molecular formula is C10H15NO2. The highest BCUT2D eigenvalue weighted by atomic mass is 16.7. The summed E-state index contributed by atoms with van der Waals surface area (Å²) in [6.07, 6.45) is -0.193. The van der Waals surface area contributed by atoms with Gasteiger partial charge < -0.3 is 5.11 Å². The Morgan fingerprint density at radius 1 is 1.38 bits per heavy atom. The topological polar surface area (TPSA) is 41.5 Å². The van der Waals surface area contributed by atoms with Crippen LogP contribution in [0.25, 0.3) is 0 Å². The predicted molar refractivity (Wildman–Crippen MR) is 52.4 cm³/mol. The van der Waals surface area contributed by atoms with Crippen LogP contribution in [0.3, 0.4) is 0 Å². The summed E-state index contributed by atoms with van der Waals surface area (Å²) in [6.45, 7) is 3.83. The van der Waals surface area contributed by atoms with E-state index in [1.165, 1.54) is 5.56 Å². The number of hydrogen-bond donors (Lipinski definition) is 2. The van der Waals surface area contributed by atoms with Crippen molar-refractivity contribution in [2.45, 2.75) is 20.0 Å². The number of anilines is 1. The molecule has 0 aliphatic rings. The monoisotopic (exact) mass is 181 g/mol. The van der Waals surface area contributed by atoms with Gasteiger partial charge in [0.1, 0.15) is 6.10 Å². The normalized spacial score (nSPS) is 12.5.